The zero-order valence-electron chi connectivity index (χ0n) is 12.5. The first-order valence-electron chi connectivity index (χ1n) is 6.68. The molecule has 3 nitrogen and oxygen atoms in total. The minimum absolute atomic E-state index is 0.419. The standard InChI is InChI=1S/C16H19ClN2O/c1-9(2)13-7-6-10(3)14(8-13)20-16-12(5)11(4)15(17)18-19-16/h6-9H,1-5H3. The lowest BCUT2D eigenvalue weighted by Crippen LogP contribution is -1.99. The van der Waals surface area contributed by atoms with Gasteiger partial charge < -0.3 is 4.74 Å². The zero-order chi connectivity index (χ0) is 14.9. The number of hydrogen-bond acceptors (Lipinski definition) is 3. The van der Waals surface area contributed by atoms with E-state index in [1.54, 1.807) is 0 Å². The number of aryl methyl sites for hydroxylation is 1. The van der Waals surface area contributed by atoms with Gasteiger partial charge in [-0.15, -0.1) is 10.2 Å². The molecular formula is C16H19ClN2O. The molecule has 0 radical (unpaired) electrons. The van der Waals surface area contributed by atoms with Gasteiger partial charge in [0.05, 0.1) is 0 Å². The van der Waals surface area contributed by atoms with Crippen molar-refractivity contribution < 1.29 is 4.74 Å². The van der Waals surface area contributed by atoms with E-state index in [4.69, 9.17) is 16.3 Å². The first kappa shape index (κ1) is 14.8. The van der Waals surface area contributed by atoms with Gasteiger partial charge in [0.2, 0.25) is 5.88 Å². The number of hydrogen-bond donors (Lipinski definition) is 0. The predicted octanol–water partition coefficient (Wildman–Crippen LogP) is 4.97. The van der Waals surface area contributed by atoms with Crippen LogP contribution < -0.4 is 4.74 Å². The van der Waals surface area contributed by atoms with Crippen LogP contribution in [0.5, 0.6) is 11.6 Å². The van der Waals surface area contributed by atoms with Crippen LogP contribution in [-0.2, 0) is 0 Å². The first-order valence-corrected chi connectivity index (χ1v) is 7.05. The summed E-state index contributed by atoms with van der Waals surface area (Å²) in [5, 5.41) is 8.38. The average molecular weight is 291 g/mol. The number of nitrogens with zero attached hydrogens (tertiary/aromatic N) is 2. The van der Waals surface area contributed by atoms with Crippen molar-refractivity contribution in [1.82, 2.24) is 10.2 Å². The van der Waals surface area contributed by atoms with Gasteiger partial charge in [-0.2, -0.15) is 0 Å². The third-order valence-electron chi connectivity index (χ3n) is 3.51. The monoisotopic (exact) mass is 290 g/mol. The summed E-state index contributed by atoms with van der Waals surface area (Å²) in [5.74, 6) is 1.78. The van der Waals surface area contributed by atoms with Crippen molar-refractivity contribution in [1.29, 1.82) is 0 Å². The van der Waals surface area contributed by atoms with Crippen LogP contribution in [0.25, 0.3) is 0 Å². The Morgan fingerprint density at radius 2 is 1.75 bits per heavy atom. The Morgan fingerprint density at radius 3 is 2.40 bits per heavy atom. The molecular weight excluding hydrogens is 272 g/mol. The van der Waals surface area contributed by atoms with Crippen LogP contribution in [0.4, 0.5) is 0 Å². The molecule has 0 saturated carbocycles. The molecule has 0 fully saturated rings. The summed E-state index contributed by atoms with van der Waals surface area (Å²) in [6.45, 7) is 10.2. The summed E-state index contributed by atoms with van der Waals surface area (Å²) in [6.07, 6.45) is 0. The Labute approximate surface area is 125 Å². The van der Waals surface area contributed by atoms with E-state index in [0.29, 0.717) is 17.0 Å². The lowest BCUT2D eigenvalue weighted by molar-refractivity contribution is 0.446. The fourth-order valence-electron chi connectivity index (χ4n) is 1.84. The van der Waals surface area contributed by atoms with Gasteiger partial charge in [0.1, 0.15) is 5.75 Å². The fourth-order valence-corrected chi connectivity index (χ4v) is 2.02. The maximum absolute atomic E-state index is 5.96. The van der Waals surface area contributed by atoms with Crippen molar-refractivity contribution in [3.8, 4) is 11.6 Å². The fraction of sp³-hybridized carbons (Fsp3) is 0.375. The highest BCUT2D eigenvalue weighted by molar-refractivity contribution is 6.30. The van der Waals surface area contributed by atoms with Gasteiger partial charge in [-0.05, 0) is 49.4 Å². The van der Waals surface area contributed by atoms with Gasteiger partial charge in [0.25, 0.3) is 0 Å². The molecule has 0 aliphatic heterocycles. The summed E-state index contributed by atoms with van der Waals surface area (Å²) >= 11 is 5.96. The largest absolute Gasteiger partial charge is 0.437 e. The van der Waals surface area contributed by atoms with Gasteiger partial charge in [-0.25, -0.2) is 0 Å². The lowest BCUT2D eigenvalue weighted by Gasteiger charge is -2.13. The van der Waals surface area contributed by atoms with Crippen LogP contribution in [-0.4, -0.2) is 10.2 Å². The van der Waals surface area contributed by atoms with Gasteiger partial charge in [-0.1, -0.05) is 37.6 Å². The number of rotatable bonds is 3. The van der Waals surface area contributed by atoms with E-state index in [1.807, 2.05) is 20.8 Å². The van der Waals surface area contributed by atoms with Crippen LogP contribution in [0, 0.1) is 20.8 Å². The number of aromatic nitrogens is 2. The first-order chi connectivity index (χ1) is 9.40. The van der Waals surface area contributed by atoms with Crippen LogP contribution in [0.1, 0.15) is 42.0 Å². The quantitative estimate of drug-likeness (QED) is 0.800. The molecule has 4 heteroatoms. The molecule has 0 bridgehead atoms. The van der Waals surface area contributed by atoms with Crippen molar-refractivity contribution in [2.75, 3.05) is 0 Å². The molecule has 2 aromatic rings. The smallest absolute Gasteiger partial charge is 0.242 e. The van der Waals surface area contributed by atoms with E-state index in [1.165, 1.54) is 5.56 Å². The maximum atomic E-state index is 5.96. The Kier molecular flexibility index (Phi) is 4.29. The van der Waals surface area contributed by atoms with E-state index < -0.39 is 0 Å². The lowest BCUT2D eigenvalue weighted by atomic mass is 10.0. The van der Waals surface area contributed by atoms with Gasteiger partial charge in [0.15, 0.2) is 5.15 Å². The summed E-state index contributed by atoms with van der Waals surface area (Å²) in [7, 11) is 0. The Bertz CT molecular complexity index is 639. The third kappa shape index (κ3) is 2.93. The number of ether oxygens (including phenoxy) is 1. The van der Waals surface area contributed by atoms with Gasteiger partial charge in [-0.3, -0.25) is 0 Å². The maximum Gasteiger partial charge on any atom is 0.242 e. The molecule has 2 rings (SSSR count). The molecule has 0 aliphatic carbocycles. The van der Waals surface area contributed by atoms with Crippen molar-refractivity contribution in [3.63, 3.8) is 0 Å². The molecule has 1 aromatic heterocycles. The van der Waals surface area contributed by atoms with Crippen molar-refractivity contribution >= 4 is 11.6 Å². The Balaban J connectivity index is 2.40. The topological polar surface area (TPSA) is 35.0 Å². The van der Waals surface area contributed by atoms with Crippen molar-refractivity contribution in [2.24, 2.45) is 0 Å². The Hall–Kier alpha value is -1.61. The SMILES string of the molecule is Cc1ccc(C(C)C)cc1Oc1nnc(Cl)c(C)c1C. The van der Waals surface area contributed by atoms with Crippen LogP contribution in [0.15, 0.2) is 18.2 Å². The molecule has 0 N–H and O–H groups in total. The average Bonchev–Trinajstić information content (AvgIpc) is 2.41. The summed E-state index contributed by atoms with van der Waals surface area (Å²) in [6, 6.07) is 6.25. The normalized spacial score (nSPS) is 10.9. The zero-order valence-corrected chi connectivity index (χ0v) is 13.2. The molecule has 0 atom stereocenters. The summed E-state index contributed by atoms with van der Waals surface area (Å²) in [5.41, 5.74) is 4.12. The second-order valence-electron chi connectivity index (χ2n) is 5.33. The van der Waals surface area contributed by atoms with E-state index in [0.717, 1.165) is 22.4 Å². The molecule has 20 heavy (non-hydrogen) atoms. The summed E-state index contributed by atoms with van der Waals surface area (Å²) < 4.78 is 5.93. The molecule has 0 saturated heterocycles. The predicted molar refractivity (Wildman–Crippen MR) is 81.9 cm³/mol. The number of benzene rings is 1. The van der Waals surface area contributed by atoms with Crippen molar-refractivity contribution in [3.05, 3.63) is 45.6 Å². The van der Waals surface area contributed by atoms with Crippen LogP contribution in [0.2, 0.25) is 5.15 Å². The van der Waals surface area contributed by atoms with Crippen LogP contribution >= 0.6 is 11.6 Å². The van der Waals surface area contributed by atoms with Crippen molar-refractivity contribution in [2.45, 2.75) is 40.5 Å². The Morgan fingerprint density at radius 1 is 1.05 bits per heavy atom. The highest BCUT2D eigenvalue weighted by atomic mass is 35.5. The van der Waals surface area contributed by atoms with E-state index in [9.17, 15) is 0 Å². The minimum Gasteiger partial charge on any atom is -0.437 e. The molecule has 1 aromatic carbocycles. The number of halogens is 1. The molecule has 0 unspecified atom stereocenters. The van der Waals surface area contributed by atoms with E-state index in [2.05, 4.69) is 42.2 Å². The second-order valence-corrected chi connectivity index (χ2v) is 5.69. The van der Waals surface area contributed by atoms with Gasteiger partial charge >= 0.3 is 0 Å². The summed E-state index contributed by atoms with van der Waals surface area (Å²) in [4.78, 5) is 0. The third-order valence-corrected chi connectivity index (χ3v) is 3.87. The van der Waals surface area contributed by atoms with E-state index >= 15 is 0 Å². The molecule has 106 valence electrons. The van der Waals surface area contributed by atoms with Gasteiger partial charge in [0, 0.05) is 5.56 Å². The van der Waals surface area contributed by atoms with E-state index in [-0.39, 0.29) is 0 Å². The molecule has 0 aliphatic rings. The molecule has 0 amide bonds. The molecule has 1 heterocycles. The van der Waals surface area contributed by atoms with Crippen LogP contribution in [0.3, 0.4) is 0 Å². The highest BCUT2D eigenvalue weighted by Crippen LogP contribution is 2.31. The highest BCUT2D eigenvalue weighted by Gasteiger charge is 2.12. The molecule has 0 spiro atoms. The minimum atomic E-state index is 0.419. The second kappa shape index (κ2) is 5.80.